The molecule has 4 atom stereocenters. The van der Waals surface area contributed by atoms with Crippen LogP contribution in [0.3, 0.4) is 0 Å². The lowest BCUT2D eigenvalue weighted by Crippen LogP contribution is -2.49. The predicted octanol–water partition coefficient (Wildman–Crippen LogP) is 1.63. The molecule has 0 amide bonds. The molecule has 2 aliphatic heterocycles. The normalized spacial score (nSPS) is 25.6. The van der Waals surface area contributed by atoms with Crippen molar-refractivity contribution < 1.29 is 23.4 Å². The molecule has 31 heavy (non-hydrogen) atoms. The van der Waals surface area contributed by atoms with Crippen molar-refractivity contribution in [2.45, 2.75) is 37.4 Å². The van der Waals surface area contributed by atoms with E-state index in [1.165, 1.54) is 14.9 Å². The summed E-state index contributed by atoms with van der Waals surface area (Å²) in [5.41, 5.74) is 1.00. The van der Waals surface area contributed by atoms with Crippen molar-refractivity contribution in [1.29, 1.82) is 0 Å². The molecule has 0 aliphatic carbocycles. The van der Waals surface area contributed by atoms with Crippen molar-refractivity contribution >= 4 is 22.1 Å². The largest absolute Gasteiger partial charge is 0.481 e. The first kappa shape index (κ1) is 21.5. The summed E-state index contributed by atoms with van der Waals surface area (Å²) in [7, 11) is -4.08. The summed E-state index contributed by atoms with van der Waals surface area (Å²) >= 11 is 0. The zero-order valence-electron chi connectivity index (χ0n) is 17.2. The number of fused-ring (bicyclic) bond motifs is 4. The maximum Gasteiger partial charge on any atom is 0.308 e. The first-order chi connectivity index (χ1) is 14.7. The number of sulfonamides is 1. The number of hydrogen-bond donors (Lipinski definition) is 2. The van der Waals surface area contributed by atoms with Gasteiger partial charge in [0.1, 0.15) is 0 Å². The monoisotopic (exact) mass is 444 g/mol. The fourth-order valence-electron chi connectivity index (χ4n) is 4.95. The molecule has 3 heterocycles. The van der Waals surface area contributed by atoms with E-state index in [9.17, 15) is 28.2 Å². The second-order valence-electron chi connectivity index (χ2n) is 7.95. The SMILES string of the molecule is C/C=C\c1ccc2n(c1=O)C[C@@H]1[C@@H](CO)[C@H](C(=O)O)[C@H]2N1S(=O)(=O)c1ccccc1C. The number of rotatable bonds is 5. The van der Waals surface area contributed by atoms with Crippen LogP contribution in [-0.4, -0.2) is 46.1 Å². The average Bonchev–Trinajstić information content (AvgIpc) is 2.99. The zero-order chi connectivity index (χ0) is 22.5. The Balaban J connectivity index is 1.97. The minimum atomic E-state index is -4.08. The van der Waals surface area contributed by atoms with E-state index in [1.807, 2.05) is 0 Å². The van der Waals surface area contributed by atoms with Crippen LogP contribution in [0.2, 0.25) is 0 Å². The van der Waals surface area contributed by atoms with Gasteiger partial charge in [-0.2, -0.15) is 4.31 Å². The summed E-state index contributed by atoms with van der Waals surface area (Å²) in [6.45, 7) is 2.95. The van der Waals surface area contributed by atoms with Crippen molar-refractivity contribution in [1.82, 2.24) is 8.87 Å². The standard InChI is InChI=1S/C22H24N2O6S/c1-3-6-14-9-10-16-20-19(22(27)28)15(12-25)17(11-23(16)21(14)26)24(20)31(29,30)18-8-5-4-7-13(18)2/h3-10,15,17,19-20,25H,11-12H2,1-2H3,(H,27,28)/b6-3-/t15-,17-,19+,20+/m1/s1. The van der Waals surface area contributed by atoms with Crippen LogP contribution < -0.4 is 5.56 Å². The number of allylic oxidation sites excluding steroid dienone is 1. The van der Waals surface area contributed by atoms with E-state index >= 15 is 0 Å². The lowest BCUT2D eigenvalue weighted by Gasteiger charge is -2.37. The molecule has 164 valence electrons. The molecule has 0 unspecified atom stereocenters. The summed E-state index contributed by atoms with van der Waals surface area (Å²) in [5.74, 6) is -3.21. The lowest BCUT2D eigenvalue weighted by atomic mass is 9.87. The number of aryl methyl sites for hydroxylation is 1. The van der Waals surface area contributed by atoms with E-state index in [-0.39, 0.29) is 17.0 Å². The highest BCUT2D eigenvalue weighted by molar-refractivity contribution is 7.89. The number of pyridine rings is 1. The Morgan fingerprint density at radius 3 is 2.55 bits per heavy atom. The van der Waals surface area contributed by atoms with Crippen LogP contribution in [0.15, 0.2) is 52.2 Å². The third-order valence-electron chi connectivity index (χ3n) is 6.30. The number of benzene rings is 1. The minimum absolute atomic E-state index is 0.0177. The summed E-state index contributed by atoms with van der Waals surface area (Å²) in [4.78, 5) is 25.3. The van der Waals surface area contributed by atoms with Crippen molar-refractivity contribution in [2.75, 3.05) is 6.61 Å². The molecule has 2 bridgehead atoms. The smallest absolute Gasteiger partial charge is 0.308 e. The Hall–Kier alpha value is -2.75. The highest BCUT2D eigenvalue weighted by Crippen LogP contribution is 2.51. The molecule has 8 nitrogen and oxygen atoms in total. The molecule has 4 rings (SSSR count). The van der Waals surface area contributed by atoms with E-state index < -0.39 is 46.5 Å². The van der Waals surface area contributed by atoms with E-state index in [0.29, 0.717) is 16.8 Å². The van der Waals surface area contributed by atoms with Crippen LogP contribution in [0.25, 0.3) is 6.08 Å². The minimum Gasteiger partial charge on any atom is -0.481 e. The molecule has 0 saturated carbocycles. The molecule has 1 aromatic carbocycles. The van der Waals surface area contributed by atoms with Crippen LogP contribution in [0, 0.1) is 18.8 Å². The van der Waals surface area contributed by atoms with Crippen molar-refractivity contribution in [3.8, 4) is 0 Å². The molecule has 0 radical (unpaired) electrons. The highest BCUT2D eigenvalue weighted by atomic mass is 32.2. The van der Waals surface area contributed by atoms with Gasteiger partial charge < -0.3 is 14.8 Å². The van der Waals surface area contributed by atoms with Gasteiger partial charge in [0.25, 0.3) is 5.56 Å². The second kappa shape index (κ2) is 7.74. The van der Waals surface area contributed by atoms with Gasteiger partial charge in [-0.3, -0.25) is 9.59 Å². The molecule has 1 saturated heterocycles. The summed E-state index contributed by atoms with van der Waals surface area (Å²) in [6, 6.07) is 7.77. The number of aliphatic hydroxyl groups is 1. The maximum atomic E-state index is 13.7. The third-order valence-corrected chi connectivity index (χ3v) is 8.36. The molecule has 0 spiro atoms. The number of aliphatic carboxylic acids is 1. The number of carboxylic acid groups (broad SMARTS) is 1. The second-order valence-corrected chi connectivity index (χ2v) is 9.76. The molecule has 2 aromatic rings. The van der Waals surface area contributed by atoms with E-state index in [0.717, 1.165) is 0 Å². The van der Waals surface area contributed by atoms with Crippen molar-refractivity contribution in [3.05, 3.63) is 69.6 Å². The Morgan fingerprint density at radius 1 is 1.23 bits per heavy atom. The zero-order valence-corrected chi connectivity index (χ0v) is 18.0. The van der Waals surface area contributed by atoms with Gasteiger partial charge in [0.2, 0.25) is 10.0 Å². The van der Waals surface area contributed by atoms with Gasteiger partial charge in [-0.25, -0.2) is 8.42 Å². The van der Waals surface area contributed by atoms with Gasteiger partial charge in [0.05, 0.1) is 16.9 Å². The van der Waals surface area contributed by atoms with Gasteiger partial charge >= 0.3 is 5.97 Å². The Bertz CT molecular complexity index is 1230. The molecule has 2 aliphatic rings. The molecule has 1 fully saturated rings. The van der Waals surface area contributed by atoms with E-state index in [2.05, 4.69) is 0 Å². The highest BCUT2D eigenvalue weighted by Gasteiger charge is 2.60. The summed E-state index contributed by atoms with van der Waals surface area (Å²) in [6.07, 6.45) is 3.39. The van der Waals surface area contributed by atoms with Crippen LogP contribution in [-0.2, 0) is 21.4 Å². The van der Waals surface area contributed by atoms with Gasteiger partial charge in [-0.05, 0) is 37.6 Å². The molecule has 9 heteroatoms. The number of carbonyl (C=O) groups is 1. The predicted molar refractivity (Wildman–Crippen MR) is 114 cm³/mol. The quantitative estimate of drug-likeness (QED) is 0.724. The Kier molecular flexibility index (Phi) is 5.36. The Morgan fingerprint density at radius 2 is 1.94 bits per heavy atom. The van der Waals surface area contributed by atoms with Crippen molar-refractivity contribution in [2.24, 2.45) is 11.8 Å². The number of nitrogens with zero attached hydrogens (tertiary/aromatic N) is 2. The maximum absolute atomic E-state index is 13.7. The van der Waals surface area contributed by atoms with Gasteiger partial charge in [0, 0.05) is 36.4 Å². The average molecular weight is 445 g/mol. The fourth-order valence-corrected chi connectivity index (χ4v) is 7.02. The topological polar surface area (TPSA) is 117 Å². The Labute approximate surface area is 180 Å². The molecular weight excluding hydrogens is 420 g/mol. The van der Waals surface area contributed by atoms with Crippen LogP contribution in [0.4, 0.5) is 0 Å². The first-order valence-electron chi connectivity index (χ1n) is 10.0. The number of aliphatic hydroxyl groups excluding tert-OH is 1. The summed E-state index contributed by atoms with van der Waals surface area (Å²) < 4.78 is 30.1. The van der Waals surface area contributed by atoms with Gasteiger partial charge in [-0.15, -0.1) is 0 Å². The number of carboxylic acids is 1. The van der Waals surface area contributed by atoms with Crippen LogP contribution in [0.5, 0.6) is 0 Å². The third kappa shape index (κ3) is 3.15. The van der Waals surface area contributed by atoms with Crippen LogP contribution >= 0.6 is 0 Å². The van der Waals surface area contributed by atoms with E-state index in [4.69, 9.17) is 0 Å². The fraction of sp³-hybridized carbons (Fsp3) is 0.364. The lowest BCUT2D eigenvalue weighted by molar-refractivity contribution is -0.144. The summed E-state index contributed by atoms with van der Waals surface area (Å²) in [5, 5.41) is 20.0. The van der Waals surface area contributed by atoms with E-state index in [1.54, 1.807) is 56.3 Å². The molecular formula is C22H24N2O6S. The number of aromatic nitrogens is 1. The first-order valence-corrected chi connectivity index (χ1v) is 11.5. The van der Waals surface area contributed by atoms with Crippen LogP contribution in [0.1, 0.15) is 29.8 Å². The molecule has 1 aromatic heterocycles. The van der Waals surface area contributed by atoms with Gasteiger partial charge in [-0.1, -0.05) is 30.4 Å². The number of hydrogen-bond acceptors (Lipinski definition) is 5. The van der Waals surface area contributed by atoms with Gasteiger partial charge in [0.15, 0.2) is 0 Å². The van der Waals surface area contributed by atoms with Crippen molar-refractivity contribution in [3.63, 3.8) is 0 Å². The molecule has 2 N–H and O–H groups in total.